The first kappa shape index (κ1) is 12.8. The van der Waals surface area contributed by atoms with Gasteiger partial charge in [0.05, 0.1) is 26.8 Å². The molecule has 2 heterocycles. The van der Waals surface area contributed by atoms with Gasteiger partial charge in [0.25, 0.3) is 0 Å². The van der Waals surface area contributed by atoms with Crippen molar-refractivity contribution in [1.29, 1.82) is 0 Å². The number of nitrogens with one attached hydrogen (secondary N) is 1. The highest BCUT2D eigenvalue weighted by molar-refractivity contribution is 7.15. The van der Waals surface area contributed by atoms with E-state index in [-0.39, 0.29) is 5.82 Å². The lowest BCUT2D eigenvalue weighted by Crippen LogP contribution is -1.89. The van der Waals surface area contributed by atoms with Gasteiger partial charge >= 0.3 is 0 Å². The number of benzene rings is 1. The summed E-state index contributed by atoms with van der Waals surface area (Å²) in [5.74, 6) is 0.0577. The number of nitrogens with zero attached hydrogens (tertiary/aromatic N) is 2. The van der Waals surface area contributed by atoms with Crippen molar-refractivity contribution in [2.75, 3.05) is 5.73 Å². The standard InChI is InChI=1S/C14H13FN4S/c1-7-13(20-8(2)17-7)12-11(14(16)19-18-12)9-4-3-5-10(15)6-9/h3-6H,1-2H3,(H3,16,18,19). The smallest absolute Gasteiger partial charge is 0.153 e. The number of H-pyrrole nitrogens is 1. The van der Waals surface area contributed by atoms with Crippen molar-refractivity contribution >= 4 is 17.2 Å². The van der Waals surface area contributed by atoms with E-state index in [1.807, 2.05) is 19.9 Å². The van der Waals surface area contributed by atoms with Gasteiger partial charge in [0, 0.05) is 0 Å². The zero-order valence-corrected chi connectivity index (χ0v) is 11.9. The van der Waals surface area contributed by atoms with E-state index in [1.54, 1.807) is 17.4 Å². The SMILES string of the molecule is Cc1nc(C)c(-c2[nH]nc(N)c2-c2cccc(F)c2)s1. The number of nitrogen functional groups attached to an aromatic ring is 1. The predicted octanol–water partition coefficient (Wildman–Crippen LogP) is 3.54. The molecule has 2 aromatic heterocycles. The highest BCUT2D eigenvalue weighted by Gasteiger charge is 2.19. The third-order valence-corrected chi connectivity index (χ3v) is 4.13. The van der Waals surface area contributed by atoms with Gasteiger partial charge in [-0.15, -0.1) is 11.3 Å². The lowest BCUT2D eigenvalue weighted by molar-refractivity contribution is 0.628. The summed E-state index contributed by atoms with van der Waals surface area (Å²) in [6.45, 7) is 3.88. The second-order valence-electron chi connectivity index (χ2n) is 4.52. The molecule has 0 spiro atoms. The van der Waals surface area contributed by atoms with E-state index in [0.29, 0.717) is 11.4 Å². The lowest BCUT2D eigenvalue weighted by atomic mass is 10.0. The summed E-state index contributed by atoms with van der Waals surface area (Å²) in [4.78, 5) is 5.38. The van der Waals surface area contributed by atoms with Gasteiger partial charge < -0.3 is 5.73 Å². The monoisotopic (exact) mass is 288 g/mol. The average Bonchev–Trinajstić information content (AvgIpc) is 2.92. The topological polar surface area (TPSA) is 67.6 Å². The van der Waals surface area contributed by atoms with Crippen LogP contribution >= 0.6 is 11.3 Å². The van der Waals surface area contributed by atoms with Crippen molar-refractivity contribution in [2.24, 2.45) is 0 Å². The number of thiazole rings is 1. The normalized spacial score (nSPS) is 10.9. The summed E-state index contributed by atoms with van der Waals surface area (Å²) < 4.78 is 13.4. The van der Waals surface area contributed by atoms with Crippen LogP contribution in [0.1, 0.15) is 10.7 Å². The Balaban J connectivity index is 2.22. The summed E-state index contributed by atoms with van der Waals surface area (Å²) in [6, 6.07) is 6.33. The number of nitrogens with two attached hydrogens (primary N) is 1. The van der Waals surface area contributed by atoms with Crippen molar-refractivity contribution in [3.63, 3.8) is 0 Å². The van der Waals surface area contributed by atoms with Crippen LogP contribution in [0.4, 0.5) is 10.2 Å². The molecule has 0 fully saturated rings. The lowest BCUT2D eigenvalue weighted by Gasteiger charge is -2.03. The molecule has 6 heteroatoms. The number of hydrogen-bond acceptors (Lipinski definition) is 4. The summed E-state index contributed by atoms with van der Waals surface area (Å²) in [5.41, 5.74) is 9.06. The molecule has 0 aliphatic rings. The van der Waals surface area contributed by atoms with Crippen molar-refractivity contribution in [3.8, 4) is 21.7 Å². The van der Waals surface area contributed by atoms with Crippen molar-refractivity contribution < 1.29 is 4.39 Å². The highest BCUT2D eigenvalue weighted by atomic mass is 32.1. The predicted molar refractivity (Wildman–Crippen MR) is 79.0 cm³/mol. The van der Waals surface area contributed by atoms with E-state index < -0.39 is 0 Å². The maximum atomic E-state index is 13.4. The van der Waals surface area contributed by atoms with Crippen LogP contribution in [0.2, 0.25) is 0 Å². The number of anilines is 1. The Hall–Kier alpha value is -2.21. The average molecular weight is 288 g/mol. The van der Waals surface area contributed by atoms with Crippen LogP contribution in [0.3, 0.4) is 0 Å². The maximum Gasteiger partial charge on any atom is 0.153 e. The number of rotatable bonds is 2. The molecule has 0 radical (unpaired) electrons. The van der Waals surface area contributed by atoms with Gasteiger partial charge in [0.15, 0.2) is 5.82 Å². The van der Waals surface area contributed by atoms with Crippen molar-refractivity contribution in [3.05, 3.63) is 40.8 Å². The molecular weight excluding hydrogens is 275 g/mol. The molecule has 3 rings (SSSR count). The van der Waals surface area contributed by atoms with Crippen molar-refractivity contribution in [2.45, 2.75) is 13.8 Å². The van der Waals surface area contributed by atoms with E-state index >= 15 is 0 Å². The molecule has 0 bridgehead atoms. The third kappa shape index (κ3) is 2.08. The molecule has 3 N–H and O–H groups in total. The van der Waals surface area contributed by atoms with E-state index in [1.165, 1.54) is 12.1 Å². The molecule has 3 aromatic rings. The van der Waals surface area contributed by atoms with Crippen LogP contribution in [0.15, 0.2) is 24.3 Å². The van der Waals surface area contributed by atoms with Gasteiger partial charge in [-0.25, -0.2) is 9.37 Å². The zero-order chi connectivity index (χ0) is 14.3. The van der Waals surface area contributed by atoms with Gasteiger partial charge in [-0.1, -0.05) is 12.1 Å². The Labute approximate surface area is 119 Å². The zero-order valence-electron chi connectivity index (χ0n) is 11.1. The van der Waals surface area contributed by atoms with E-state index in [2.05, 4.69) is 15.2 Å². The van der Waals surface area contributed by atoms with Crippen LogP contribution < -0.4 is 5.73 Å². The summed E-state index contributed by atoms with van der Waals surface area (Å²) in [6.07, 6.45) is 0. The molecule has 1 aromatic carbocycles. The molecule has 20 heavy (non-hydrogen) atoms. The Morgan fingerprint density at radius 3 is 2.75 bits per heavy atom. The number of halogens is 1. The molecular formula is C14H13FN4S. The molecule has 0 atom stereocenters. The van der Waals surface area contributed by atoms with Crippen LogP contribution in [0.25, 0.3) is 21.7 Å². The van der Waals surface area contributed by atoms with Gasteiger partial charge in [-0.05, 0) is 31.5 Å². The molecule has 102 valence electrons. The van der Waals surface area contributed by atoms with Gasteiger partial charge in [-0.2, -0.15) is 5.10 Å². The minimum Gasteiger partial charge on any atom is -0.382 e. The molecule has 4 nitrogen and oxygen atoms in total. The first-order chi connectivity index (χ1) is 9.56. The second kappa shape index (κ2) is 4.72. The Kier molecular flexibility index (Phi) is 3.02. The number of aromatic amines is 1. The Morgan fingerprint density at radius 1 is 1.30 bits per heavy atom. The fourth-order valence-electron chi connectivity index (χ4n) is 2.22. The largest absolute Gasteiger partial charge is 0.382 e. The van der Waals surface area contributed by atoms with Crippen LogP contribution in [0, 0.1) is 19.7 Å². The van der Waals surface area contributed by atoms with E-state index in [0.717, 1.165) is 26.8 Å². The van der Waals surface area contributed by atoms with Crippen LogP contribution in [-0.4, -0.2) is 15.2 Å². The van der Waals surface area contributed by atoms with Crippen LogP contribution in [-0.2, 0) is 0 Å². The quantitative estimate of drug-likeness (QED) is 0.758. The number of aryl methyl sites for hydroxylation is 2. The minimum atomic E-state index is -0.300. The van der Waals surface area contributed by atoms with Gasteiger partial charge in [-0.3, -0.25) is 5.10 Å². The molecule has 0 saturated carbocycles. The summed E-state index contributed by atoms with van der Waals surface area (Å²) >= 11 is 1.56. The van der Waals surface area contributed by atoms with Gasteiger partial charge in [0.2, 0.25) is 0 Å². The maximum absolute atomic E-state index is 13.4. The Bertz CT molecular complexity index is 775. The third-order valence-electron chi connectivity index (χ3n) is 3.04. The van der Waals surface area contributed by atoms with Crippen LogP contribution in [0.5, 0.6) is 0 Å². The molecule has 0 unspecified atom stereocenters. The Morgan fingerprint density at radius 2 is 2.10 bits per heavy atom. The summed E-state index contributed by atoms with van der Waals surface area (Å²) in [5, 5.41) is 7.96. The fourth-order valence-corrected chi connectivity index (χ4v) is 3.14. The second-order valence-corrected chi connectivity index (χ2v) is 5.72. The van der Waals surface area contributed by atoms with Crippen molar-refractivity contribution in [1.82, 2.24) is 15.2 Å². The first-order valence-electron chi connectivity index (χ1n) is 6.10. The molecule has 0 aliphatic carbocycles. The number of aromatic nitrogens is 3. The molecule has 0 aliphatic heterocycles. The first-order valence-corrected chi connectivity index (χ1v) is 6.92. The fraction of sp³-hybridized carbons (Fsp3) is 0.143. The molecule has 0 saturated heterocycles. The molecule has 0 amide bonds. The van der Waals surface area contributed by atoms with Gasteiger partial charge in [0.1, 0.15) is 5.82 Å². The number of hydrogen-bond donors (Lipinski definition) is 2. The van der Waals surface area contributed by atoms with E-state index in [4.69, 9.17) is 5.73 Å². The van der Waals surface area contributed by atoms with E-state index in [9.17, 15) is 4.39 Å². The summed E-state index contributed by atoms with van der Waals surface area (Å²) in [7, 11) is 0. The highest BCUT2D eigenvalue weighted by Crippen LogP contribution is 2.38. The minimum absolute atomic E-state index is 0.300.